The lowest BCUT2D eigenvalue weighted by Crippen LogP contribution is -2.19. The molecule has 1 heterocycles. The first-order valence-corrected chi connectivity index (χ1v) is 5.14. The molecule has 1 aromatic rings. The zero-order valence-corrected chi connectivity index (χ0v) is 8.09. The maximum atomic E-state index is 4.17. The lowest BCUT2D eigenvalue weighted by atomic mass is 10.1. The molecule has 2 N–H and O–H groups in total. The van der Waals surface area contributed by atoms with Gasteiger partial charge < -0.3 is 10.3 Å². The summed E-state index contributed by atoms with van der Waals surface area (Å²) in [5.41, 5.74) is 0. The molecule has 0 bridgehead atoms. The molecule has 0 spiro atoms. The van der Waals surface area contributed by atoms with Crippen molar-refractivity contribution < 1.29 is 0 Å². The van der Waals surface area contributed by atoms with Crippen molar-refractivity contribution in [1.29, 1.82) is 0 Å². The molecule has 0 radical (unpaired) electrons. The summed E-state index contributed by atoms with van der Waals surface area (Å²) >= 11 is 0. The van der Waals surface area contributed by atoms with E-state index in [-0.39, 0.29) is 0 Å². The Morgan fingerprint density at radius 2 is 2.54 bits per heavy atom. The molecule has 13 heavy (non-hydrogen) atoms. The third kappa shape index (κ3) is 2.47. The highest BCUT2D eigenvalue weighted by molar-refractivity contribution is 5.24. The topological polar surface area (TPSA) is 40.7 Å². The second kappa shape index (κ2) is 3.81. The summed E-state index contributed by atoms with van der Waals surface area (Å²) in [5, 5.41) is 3.41. The summed E-state index contributed by atoms with van der Waals surface area (Å²) < 4.78 is 0. The highest BCUT2D eigenvalue weighted by Crippen LogP contribution is 2.34. The van der Waals surface area contributed by atoms with Crippen LogP contribution in [-0.4, -0.2) is 16.0 Å². The van der Waals surface area contributed by atoms with E-state index in [1.807, 2.05) is 6.20 Å². The van der Waals surface area contributed by atoms with Crippen molar-refractivity contribution in [3.63, 3.8) is 0 Å². The third-order valence-electron chi connectivity index (χ3n) is 2.65. The van der Waals surface area contributed by atoms with Gasteiger partial charge in [-0.25, -0.2) is 4.98 Å². The Morgan fingerprint density at radius 1 is 1.69 bits per heavy atom. The molecule has 1 atom stereocenters. The van der Waals surface area contributed by atoms with E-state index in [1.165, 1.54) is 25.7 Å². The van der Waals surface area contributed by atoms with Gasteiger partial charge in [0.2, 0.25) is 0 Å². The minimum absolute atomic E-state index is 0.596. The summed E-state index contributed by atoms with van der Waals surface area (Å²) in [6.07, 6.45) is 8.97. The van der Waals surface area contributed by atoms with Crippen LogP contribution in [0.25, 0.3) is 0 Å². The minimum atomic E-state index is 0.596. The van der Waals surface area contributed by atoms with Gasteiger partial charge in [-0.3, -0.25) is 0 Å². The molecule has 0 amide bonds. The minimum Gasteiger partial charge on any atom is -0.353 e. The predicted molar refractivity (Wildman–Crippen MR) is 53.6 cm³/mol. The van der Waals surface area contributed by atoms with Crippen molar-refractivity contribution >= 4 is 5.95 Å². The number of rotatable bonds is 5. The smallest absolute Gasteiger partial charge is 0.200 e. The first kappa shape index (κ1) is 8.60. The SMILES string of the molecule is CCC(CC1CC1)Nc1ncc[nH]1. The fraction of sp³-hybridized carbons (Fsp3) is 0.700. The molecule has 0 aromatic carbocycles. The van der Waals surface area contributed by atoms with E-state index < -0.39 is 0 Å². The van der Waals surface area contributed by atoms with Crippen LogP contribution in [0.4, 0.5) is 5.95 Å². The van der Waals surface area contributed by atoms with Crippen LogP contribution in [0.3, 0.4) is 0 Å². The van der Waals surface area contributed by atoms with E-state index in [0.717, 1.165) is 11.9 Å². The molecule has 1 unspecified atom stereocenters. The monoisotopic (exact) mass is 179 g/mol. The Kier molecular flexibility index (Phi) is 2.52. The molecule has 3 heteroatoms. The number of nitrogens with zero attached hydrogens (tertiary/aromatic N) is 1. The van der Waals surface area contributed by atoms with Crippen LogP contribution in [-0.2, 0) is 0 Å². The molecular formula is C10H17N3. The molecular weight excluding hydrogens is 162 g/mol. The number of H-pyrrole nitrogens is 1. The van der Waals surface area contributed by atoms with Crippen LogP contribution in [0.1, 0.15) is 32.6 Å². The molecule has 0 aliphatic heterocycles. The highest BCUT2D eigenvalue weighted by Gasteiger charge is 2.24. The number of hydrogen-bond donors (Lipinski definition) is 2. The van der Waals surface area contributed by atoms with Crippen molar-refractivity contribution in [3.05, 3.63) is 12.4 Å². The van der Waals surface area contributed by atoms with Crippen molar-refractivity contribution in [3.8, 4) is 0 Å². The number of hydrogen-bond acceptors (Lipinski definition) is 2. The van der Waals surface area contributed by atoms with Crippen molar-refractivity contribution in [2.45, 2.75) is 38.6 Å². The van der Waals surface area contributed by atoms with Gasteiger partial charge in [0.25, 0.3) is 0 Å². The zero-order valence-electron chi connectivity index (χ0n) is 8.09. The quantitative estimate of drug-likeness (QED) is 0.728. The summed E-state index contributed by atoms with van der Waals surface area (Å²) in [7, 11) is 0. The molecule has 2 rings (SSSR count). The summed E-state index contributed by atoms with van der Waals surface area (Å²) in [6.45, 7) is 2.23. The van der Waals surface area contributed by atoms with E-state index in [9.17, 15) is 0 Å². The van der Waals surface area contributed by atoms with Gasteiger partial charge in [-0.1, -0.05) is 19.8 Å². The first-order chi connectivity index (χ1) is 6.38. The highest BCUT2D eigenvalue weighted by atomic mass is 15.1. The molecule has 1 aliphatic rings. The average Bonchev–Trinajstić information content (AvgIpc) is 2.80. The van der Waals surface area contributed by atoms with Gasteiger partial charge in [0.05, 0.1) is 0 Å². The van der Waals surface area contributed by atoms with Gasteiger partial charge in [-0.15, -0.1) is 0 Å². The molecule has 1 aromatic heterocycles. The van der Waals surface area contributed by atoms with Gasteiger partial charge in [-0.05, 0) is 18.8 Å². The van der Waals surface area contributed by atoms with Crippen LogP contribution < -0.4 is 5.32 Å². The van der Waals surface area contributed by atoms with E-state index in [0.29, 0.717) is 6.04 Å². The lowest BCUT2D eigenvalue weighted by molar-refractivity contribution is 0.583. The van der Waals surface area contributed by atoms with Crippen LogP contribution in [0, 0.1) is 5.92 Å². The largest absolute Gasteiger partial charge is 0.353 e. The van der Waals surface area contributed by atoms with Gasteiger partial charge in [0.1, 0.15) is 0 Å². The summed E-state index contributed by atoms with van der Waals surface area (Å²) in [4.78, 5) is 7.24. The zero-order chi connectivity index (χ0) is 9.10. The number of nitrogens with one attached hydrogen (secondary N) is 2. The molecule has 1 aliphatic carbocycles. The van der Waals surface area contributed by atoms with Crippen molar-refractivity contribution in [2.24, 2.45) is 5.92 Å². The second-order valence-electron chi connectivity index (χ2n) is 3.87. The van der Waals surface area contributed by atoms with Crippen molar-refractivity contribution in [1.82, 2.24) is 9.97 Å². The normalized spacial score (nSPS) is 18.5. The molecule has 3 nitrogen and oxygen atoms in total. The van der Waals surface area contributed by atoms with Crippen LogP contribution >= 0.6 is 0 Å². The van der Waals surface area contributed by atoms with Crippen LogP contribution in [0.15, 0.2) is 12.4 Å². The third-order valence-corrected chi connectivity index (χ3v) is 2.65. The average molecular weight is 179 g/mol. The maximum absolute atomic E-state index is 4.17. The summed E-state index contributed by atoms with van der Waals surface area (Å²) in [6, 6.07) is 0.596. The Labute approximate surface area is 79.0 Å². The Morgan fingerprint density at radius 3 is 3.08 bits per heavy atom. The maximum Gasteiger partial charge on any atom is 0.200 e. The number of anilines is 1. The number of aromatic amines is 1. The van der Waals surface area contributed by atoms with E-state index in [4.69, 9.17) is 0 Å². The van der Waals surface area contributed by atoms with Gasteiger partial charge in [0, 0.05) is 18.4 Å². The fourth-order valence-electron chi connectivity index (χ4n) is 1.62. The van der Waals surface area contributed by atoms with Crippen LogP contribution in [0.2, 0.25) is 0 Å². The van der Waals surface area contributed by atoms with Gasteiger partial charge in [0.15, 0.2) is 5.95 Å². The lowest BCUT2D eigenvalue weighted by Gasteiger charge is -2.15. The Bertz CT molecular complexity index is 239. The molecule has 1 fully saturated rings. The number of aromatic nitrogens is 2. The van der Waals surface area contributed by atoms with Gasteiger partial charge in [-0.2, -0.15) is 0 Å². The molecule has 72 valence electrons. The fourth-order valence-corrected chi connectivity index (χ4v) is 1.62. The molecule has 0 saturated heterocycles. The predicted octanol–water partition coefficient (Wildman–Crippen LogP) is 2.40. The molecule has 1 saturated carbocycles. The van der Waals surface area contributed by atoms with Crippen LogP contribution in [0.5, 0.6) is 0 Å². The number of imidazole rings is 1. The Hall–Kier alpha value is -0.990. The summed E-state index contributed by atoms with van der Waals surface area (Å²) in [5.74, 6) is 1.89. The van der Waals surface area contributed by atoms with E-state index in [1.54, 1.807) is 6.20 Å². The first-order valence-electron chi connectivity index (χ1n) is 5.14. The van der Waals surface area contributed by atoms with E-state index in [2.05, 4.69) is 22.2 Å². The van der Waals surface area contributed by atoms with Crippen molar-refractivity contribution in [2.75, 3.05) is 5.32 Å². The van der Waals surface area contributed by atoms with E-state index >= 15 is 0 Å². The van der Waals surface area contributed by atoms with Gasteiger partial charge >= 0.3 is 0 Å². The standard InChI is InChI=1S/C10H17N3/c1-2-9(7-8-3-4-8)13-10-11-5-6-12-10/h5-6,8-9H,2-4,7H2,1H3,(H2,11,12,13). The Balaban J connectivity index is 1.82. The second-order valence-corrected chi connectivity index (χ2v) is 3.87.